The van der Waals surface area contributed by atoms with Crippen LogP contribution in [0.2, 0.25) is 5.02 Å². The van der Waals surface area contributed by atoms with Gasteiger partial charge in [-0.3, -0.25) is 9.59 Å². The first-order valence-corrected chi connectivity index (χ1v) is 11.9. The Balaban J connectivity index is 1.52. The zero-order valence-corrected chi connectivity index (χ0v) is 19.6. The average Bonchev–Trinajstić information content (AvgIpc) is 3.03. The minimum atomic E-state index is -0.200. The Morgan fingerprint density at radius 2 is 1.82 bits per heavy atom. The van der Waals surface area contributed by atoms with Crippen LogP contribution >= 0.6 is 11.6 Å². The highest BCUT2D eigenvalue weighted by molar-refractivity contribution is 6.30. The van der Waals surface area contributed by atoms with Crippen LogP contribution in [0.5, 0.6) is 0 Å². The molecule has 3 aromatic rings. The highest BCUT2D eigenvalue weighted by atomic mass is 35.5. The summed E-state index contributed by atoms with van der Waals surface area (Å²) in [6, 6.07) is 17.3. The van der Waals surface area contributed by atoms with Crippen molar-refractivity contribution in [2.45, 2.75) is 45.7 Å². The number of imidazole rings is 1. The molecule has 0 aliphatic carbocycles. The Morgan fingerprint density at radius 1 is 1.06 bits per heavy atom. The van der Waals surface area contributed by atoms with Gasteiger partial charge in [0.15, 0.2) is 0 Å². The van der Waals surface area contributed by atoms with Crippen molar-refractivity contribution in [2.75, 3.05) is 13.1 Å². The van der Waals surface area contributed by atoms with Crippen molar-refractivity contribution in [3.63, 3.8) is 0 Å². The van der Waals surface area contributed by atoms with Gasteiger partial charge in [-0.1, -0.05) is 60.5 Å². The first-order valence-electron chi connectivity index (χ1n) is 11.5. The van der Waals surface area contributed by atoms with E-state index in [4.69, 9.17) is 16.6 Å². The Morgan fingerprint density at radius 3 is 2.55 bits per heavy atom. The van der Waals surface area contributed by atoms with Gasteiger partial charge in [0.25, 0.3) is 5.91 Å². The fourth-order valence-electron chi connectivity index (χ4n) is 4.21. The lowest BCUT2D eigenvalue weighted by Gasteiger charge is -2.20. The third-order valence-electron chi connectivity index (χ3n) is 6.01. The van der Waals surface area contributed by atoms with Crippen molar-refractivity contribution >= 4 is 23.4 Å². The van der Waals surface area contributed by atoms with Gasteiger partial charge in [-0.2, -0.15) is 0 Å². The number of amides is 2. The molecule has 1 aromatic heterocycles. The van der Waals surface area contributed by atoms with Crippen molar-refractivity contribution in [2.24, 2.45) is 0 Å². The fourth-order valence-corrected chi connectivity index (χ4v) is 4.33. The van der Waals surface area contributed by atoms with Crippen LogP contribution in [0, 0.1) is 0 Å². The van der Waals surface area contributed by atoms with Crippen molar-refractivity contribution in [3.05, 3.63) is 76.6 Å². The molecule has 0 saturated heterocycles. The maximum atomic E-state index is 13.5. The van der Waals surface area contributed by atoms with E-state index in [0.717, 1.165) is 54.9 Å². The molecule has 0 unspecified atom stereocenters. The number of nitrogens with one attached hydrogen (secondary N) is 1. The number of hydrogen-bond donors (Lipinski definition) is 1. The van der Waals surface area contributed by atoms with Crippen LogP contribution < -0.4 is 5.32 Å². The van der Waals surface area contributed by atoms with E-state index in [9.17, 15) is 9.59 Å². The van der Waals surface area contributed by atoms with E-state index in [1.54, 1.807) is 17.0 Å². The Hall–Kier alpha value is -3.12. The van der Waals surface area contributed by atoms with E-state index in [-0.39, 0.29) is 18.4 Å². The molecule has 1 aliphatic heterocycles. The van der Waals surface area contributed by atoms with Gasteiger partial charge in [-0.05, 0) is 43.9 Å². The Kier molecular flexibility index (Phi) is 7.45. The molecule has 1 aliphatic rings. The SMILES string of the molecule is CCN(CC(=O)NCc1ccc(Cl)cc1)C(=O)c1nc(-c2ccccc2)n2c1CCCCC2. The summed E-state index contributed by atoms with van der Waals surface area (Å²) in [6.45, 7) is 3.56. The van der Waals surface area contributed by atoms with Gasteiger partial charge in [-0.15, -0.1) is 0 Å². The van der Waals surface area contributed by atoms with E-state index in [2.05, 4.69) is 9.88 Å². The number of fused-ring (bicyclic) bond motifs is 1. The van der Waals surface area contributed by atoms with Crippen molar-refractivity contribution in [1.29, 1.82) is 0 Å². The highest BCUT2D eigenvalue weighted by Gasteiger charge is 2.27. The quantitative estimate of drug-likeness (QED) is 0.550. The van der Waals surface area contributed by atoms with Crippen LogP contribution in [-0.2, 0) is 24.3 Å². The molecule has 0 radical (unpaired) electrons. The van der Waals surface area contributed by atoms with Crippen LogP contribution in [0.4, 0.5) is 0 Å². The molecule has 0 atom stereocenters. The van der Waals surface area contributed by atoms with Crippen molar-refractivity contribution in [3.8, 4) is 11.4 Å². The molecule has 7 heteroatoms. The summed E-state index contributed by atoms with van der Waals surface area (Å²) in [7, 11) is 0. The fraction of sp³-hybridized carbons (Fsp3) is 0.346. The van der Waals surface area contributed by atoms with Gasteiger partial charge in [0, 0.05) is 30.2 Å². The van der Waals surface area contributed by atoms with Gasteiger partial charge < -0.3 is 14.8 Å². The zero-order chi connectivity index (χ0) is 23.2. The maximum absolute atomic E-state index is 13.5. The van der Waals surface area contributed by atoms with Gasteiger partial charge in [0.1, 0.15) is 11.5 Å². The molecule has 0 fully saturated rings. The van der Waals surface area contributed by atoms with E-state index < -0.39 is 0 Å². The Labute approximate surface area is 199 Å². The molecule has 0 saturated carbocycles. The molecule has 1 N–H and O–H groups in total. The van der Waals surface area contributed by atoms with Crippen LogP contribution in [0.1, 0.15) is 47.9 Å². The molecule has 33 heavy (non-hydrogen) atoms. The predicted octanol–water partition coefficient (Wildman–Crippen LogP) is 4.71. The summed E-state index contributed by atoms with van der Waals surface area (Å²) in [4.78, 5) is 32.5. The summed E-state index contributed by atoms with van der Waals surface area (Å²) in [5.74, 6) is 0.444. The van der Waals surface area contributed by atoms with E-state index >= 15 is 0 Å². The molecule has 172 valence electrons. The van der Waals surface area contributed by atoms with Crippen molar-refractivity contribution in [1.82, 2.24) is 19.8 Å². The standard InChI is InChI=1S/C26H29ClN4O2/c1-2-30(18-23(32)28-17-19-12-14-21(27)15-13-19)26(33)24-22-11-7-4-8-16-31(22)25(29-24)20-9-5-3-6-10-20/h3,5-6,9-10,12-15H,2,4,7-8,11,16-18H2,1H3,(H,28,32). The second-order valence-corrected chi connectivity index (χ2v) is 8.72. The number of rotatable bonds is 7. The molecule has 2 heterocycles. The highest BCUT2D eigenvalue weighted by Crippen LogP contribution is 2.27. The number of carbonyl (C=O) groups excluding carboxylic acids is 2. The smallest absolute Gasteiger partial charge is 0.274 e. The summed E-state index contributed by atoms with van der Waals surface area (Å²) in [6.07, 6.45) is 4.06. The average molecular weight is 465 g/mol. The molecular weight excluding hydrogens is 436 g/mol. The molecule has 2 aromatic carbocycles. The second-order valence-electron chi connectivity index (χ2n) is 8.28. The van der Waals surface area contributed by atoms with E-state index in [1.807, 2.05) is 49.4 Å². The molecule has 2 amide bonds. The molecular formula is C26H29ClN4O2. The lowest BCUT2D eigenvalue weighted by molar-refractivity contribution is -0.121. The molecule has 0 spiro atoms. The van der Waals surface area contributed by atoms with Gasteiger partial charge in [0.05, 0.1) is 12.2 Å². The largest absolute Gasteiger partial charge is 0.350 e. The lowest BCUT2D eigenvalue weighted by Crippen LogP contribution is -2.40. The Bertz CT molecular complexity index is 1110. The van der Waals surface area contributed by atoms with Crippen LogP contribution in [0.15, 0.2) is 54.6 Å². The minimum Gasteiger partial charge on any atom is -0.350 e. The first-order chi connectivity index (χ1) is 16.1. The number of benzene rings is 2. The molecule has 6 nitrogen and oxygen atoms in total. The van der Waals surface area contributed by atoms with Gasteiger partial charge >= 0.3 is 0 Å². The summed E-state index contributed by atoms with van der Waals surface area (Å²) in [5, 5.41) is 3.55. The number of halogens is 1. The van der Waals surface area contributed by atoms with E-state index in [0.29, 0.717) is 23.8 Å². The zero-order valence-electron chi connectivity index (χ0n) is 18.9. The first kappa shape index (κ1) is 23.1. The van der Waals surface area contributed by atoms with Crippen LogP contribution in [0.3, 0.4) is 0 Å². The second kappa shape index (κ2) is 10.7. The summed E-state index contributed by atoms with van der Waals surface area (Å²) >= 11 is 5.92. The normalized spacial score (nSPS) is 13.2. The monoisotopic (exact) mass is 464 g/mol. The van der Waals surface area contributed by atoms with E-state index in [1.165, 1.54) is 0 Å². The minimum absolute atomic E-state index is 0.00407. The third kappa shape index (κ3) is 5.45. The summed E-state index contributed by atoms with van der Waals surface area (Å²) in [5.41, 5.74) is 3.41. The van der Waals surface area contributed by atoms with Crippen LogP contribution in [-0.4, -0.2) is 39.4 Å². The third-order valence-corrected chi connectivity index (χ3v) is 6.26. The number of aromatic nitrogens is 2. The van der Waals surface area contributed by atoms with Gasteiger partial charge in [-0.25, -0.2) is 4.98 Å². The van der Waals surface area contributed by atoms with Crippen molar-refractivity contribution < 1.29 is 9.59 Å². The van der Waals surface area contributed by atoms with Gasteiger partial charge in [0.2, 0.25) is 5.91 Å². The number of carbonyl (C=O) groups is 2. The molecule has 4 rings (SSSR count). The predicted molar refractivity (Wildman–Crippen MR) is 130 cm³/mol. The summed E-state index contributed by atoms with van der Waals surface area (Å²) < 4.78 is 2.20. The number of likely N-dealkylation sites (N-methyl/N-ethyl adjacent to an activating group) is 1. The number of nitrogens with zero attached hydrogens (tertiary/aromatic N) is 3. The lowest BCUT2D eigenvalue weighted by atomic mass is 10.1. The number of hydrogen-bond acceptors (Lipinski definition) is 3. The topological polar surface area (TPSA) is 67.2 Å². The molecule has 0 bridgehead atoms. The van der Waals surface area contributed by atoms with Crippen LogP contribution in [0.25, 0.3) is 11.4 Å². The maximum Gasteiger partial charge on any atom is 0.274 e.